The maximum absolute atomic E-state index is 12.6. The van der Waals surface area contributed by atoms with Gasteiger partial charge in [0, 0.05) is 12.5 Å². The van der Waals surface area contributed by atoms with Gasteiger partial charge in [-0.25, -0.2) is 0 Å². The fourth-order valence-corrected chi connectivity index (χ4v) is 2.72. The Hall–Kier alpha value is -2.14. The van der Waals surface area contributed by atoms with Crippen molar-refractivity contribution in [3.05, 3.63) is 52.4 Å². The van der Waals surface area contributed by atoms with Gasteiger partial charge in [-0.15, -0.1) is 0 Å². The molecule has 0 aliphatic rings. The number of benzene rings is 1. The third-order valence-electron chi connectivity index (χ3n) is 4.18. The number of amides is 1. The van der Waals surface area contributed by atoms with Gasteiger partial charge in [0.05, 0.1) is 11.7 Å². The van der Waals surface area contributed by atoms with Crippen LogP contribution in [0, 0.1) is 13.8 Å². The molecule has 0 bridgehead atoms. The van der Waals surface area contributed by atoms with Gasteiger partial charge in [-0.3, -0.25) is 4.79 Å². The molecule has 1 amide bonds. The summed E-state index contributed by atoms with van der Waals surface area (Å²) in [6.07, 6.45) is 0. The van der Waals surface area contributed by atoms with Crippen molar-refractivity contribution in [3.63, 3.8) is 0 Å². The Kier molecular flexibility index (Phi) is 5.78. The number of nitrogens with one attached hydrogen (secondary N) is 1. The highest BCUT2D eigenvalue weighted by Gasteiger charge is 2.23. The predicted octanol–water partition coefficient (Wildman–Crippen LogP) is 3.45. The van der Waals surface area contributed by atoms with Crippen LogP contribution in [0.4, 0.5) is 0 Å². The van der Waals surface area contributed by atoms with Gasteiger partial charge in [0.25, 0.3) is 5.91 Å². The van der Waals surface area contributed by atoms with Gasteiger partial charge in [-0.2, -0.15) is 0 Å². The van der Waals surface area contributed by atoms with Gasteiger partial charge < -0.3 is 14.7 Å². The number of hydrogen-bond donors (Lipinski definition) is 1. The average molecular weight is 329 g/mol. The lowest BCUT2D eigenvalue weighted by molar-refractivity contribution is 0.0939. The zero-order valence-corrected chi connectivity index (χ0v) is 15.4. The molecule has 2 aromatic rings. The second-order valence-corrected chi connectivity index (χ2v) is 6.76. The summed E-state index contributed by atoms with van der Waals surface area (Å²) in [6.45, 7) is 8.38. The van der Waals surface area contributed by atoms with E-state index in [4.69, 9.17) is 4.52 Å². The molecule has 0 aliphatic heterocycles. The molecule has 0 aliphatic carbocycles. The summed E-state index contributed by atoms with van der Waals surface area (Å²) in [5.74, 6) is 0.631. The van der Waals surface area contributed by atoms with Crippen LogP contribution in [0.1, 0.15) is 58.7 Å². The topological polar surface area (TPSA) is 58.4 Å². The highest BCUT2D eigenvalue weighted by atomic mass is 16.5. The van der Waals surface area contributed by atoms with E-state index < -0.39 is 0 Å². The first-order valence-electron chi connectivity index (χ1n) is 8.28. The van der Waals surface area contributed by atoms with Crippen molar-refractivity contribution in [2.24, 2.45) is 0 Å². The second kappa shape index (κ2) is 7.62. The Bertz CT molecular complexity index is 687. The van der Waals surface area contributed by atoms with E-state index >= 15 is 0 Å². The molecule has 1 aromatic heterocycles. The highest BCUT2D eigenvalue weighted by Crippen LogP contribution is 2.23. The van der Waals surface area contributed by atoms with Crippen molar-refractivity contribution >= 4 is 5.91 Å². The molecule has 0 saturated carbocycles. The molecule has 0 spiro atoms. The first-order chi connectivity index (χ1) is 11.3. The first-order valence-corrected chi connectivity index (χ1v) is 8.28. The van der Waals surface area contributed by atoms with E-state index in [1.54, 1.807) is 6.92 Å². The minimum absolute atomic E-state index is 0.109. The minimum atomic E-state index is -0.128. The van der Waals surface area contributed by atoms with Crippen molar-refractivity contribution in [1.29, 1.82) is 0 Å². The molecule has 5 heteroatoms. The van der Waals surface area contributed by atoms with E-state index in [-0.39, 0.29) is 17.9 Å². The van der Waals surface area contributed by atoms with Gasteiger partial charge in [-0.05, 0) is 33.5 Å². The molecule has 1 heterocycles. The number of aryl methyl sites for hydroxylation is 2. The smallest absolute Gasteiger partial charge is 0.256 e. The summed E-state index contributed by atoms with van der Waals surface area (Å²) in [5.41, 5.74) is 3.60. The summed E-state index contributed by atoms with van der Waals surface area (Å²) in [6, 6.07) is 8.51. The highest BCUT2D eigenvalue weighted by molar-refractivity contribution is 5.96. The van der Waals surface area contributed by atoms with Crippen LogP contribution in [0.15, 0.2) is 28.8 Å². The minimum Gasteiger partial charge on any atom is -0.360 e. The Balaban J connectivity index is 2.14. The van der Waals surface area contributed by atoms with Crippen molar-refractivity contribution in [1.82, 2.24) is 15.4 Å². The summed E-state index contributed by atoms with van der Waals surface area (Å²) < 4.78 is 5.31. The summed E-state index contributed by atoms with van der Waals surface area (Å²) >= 11 is 0. The summed E-state index contributed by atoms with van der Waals surface area (Å²) in [5, 5.41) is 6.98. The molecule has 0 fully saturated rings. The van der Waals surface area contributed by atoms with E-state index in [9.17, 15) is 4.79 Å². The second-order valence-electron chi connectivity index (χ2n) is 6.76. The van der Waals surface area contributed by atoms with Gasteiger partial charge in [0.15, 0.2) is 5.76 Å². The molecule has 1 N–H and O–H groups in total. The lowest BCUT2D eigenvalue weighted by atomic mass is 10.0. The van der Waals surface area contributed by atoms with Crippen LogP contribution in [0.25, 0.3) is 0 Å². The van der Waals surface area contributed by atoms with Crippen LogP contribution in [0.3, 0.4) is 0 Å². The molecule has 5 nitrogen and oxygen atoms in total. The SMILES string of the molecule is Cc1ccc(C(CNC(=O)c2c(C)noc2C(C)C)N(C)C)cc1. The van der Waals surface area contributed by atoms with Crippen LogP contribution < -0.4 is 5.32 Å². The van der Waals surface area contributed by atoms with Crippen LogP contribution in [0.5, 0.6) is 0 Å². The number of aromatic nitrogens is 1. The van der Waals surface area contributed by atoms with Crippen LogP contribution >= 0.6 is 0 Å². The van der Waals surface area contributed by atoms with Gasteiger partial charge in [0.2, 0.25) is 0 Å². The maximum Gasteiger partial charge on any atom is 0.256 e. The summed E-state index contributed by atoms with van der Waals surface area (Å²) in [7, 11) is 4.03. The van der Waals surface area contributed by atoms with Crippen molar-refractivity contribution in [2.75, 3.05) is 20.6 Å². The van der Waals surface area contributed by atoms with Crippen molar-refractivity contribution < 1.29 is 9.32 Å². The monoisotopic (exact) mass is 329 g/mol. The lowest BCUT2D eigenvalue weighted by Crippen LogP contribution is -2.35. The number of nitrogens with zero attached hydrogens (tertiary/aromatic N) is 2. The Labute approximate surface area is 144 Å². The van der Waals surface area contributed by atoms with E-state index in [1.807, 2.05) is 27.9 Å². The zero-order chi connectivity index (χ0) is 17.9. The van der Waals surface area contributed by atoms with Crippen molar-refractivity contribution in [3.8, 4) is 0 Å². The van der Waals surface area contributed by atoms with Gasteiger partial charge in [0.1, 0.15) is 5.56 Å². The maximum atomic E-state index is 12.6. The molecule has 130 valence electrons. The lowest BCUT2D eigenvalue weighted by Gasteiger charge is -2.25. The molecule has 1 atom stereocenters. The number of likely N-dealkylation sites (N-methyl/N-ethyl adjacent to an activating group) is 1. The fraction of sp³-hybridized carbons (Fsp3) is 0.474. The molecule has 0 saturated heterocycles. The quantitative estimate of drug-likeness (QED) is 0.882. The molecule has 1 aromatic carbocycles. The molecule has 2 rings (SSSR count). The van der Waals surface area contributed by atoms with Crippen LogP contribution in [0.2, 0.25) is 0 Å². The first kappa shape index (κ1) is 18.2. The standard InChI is InChI=1S/C19H27N3O2/c1-12(2)18-17(14(4)21-24-18)19(23)20-11-16(22(5)6)15-9-7-13(3)8-10-15/h7-10,12,16H,11H2,1-6H3,(H,20,23). The molecule has 0 radical (unpaired) electrons. The average Bonchev–Trinajstić information content (AvgIpc) is 2.90. The largest absolute Gasteiger partial charge is 0.360 e. The third kappa shape index (κ3) is 4.03. The third-order valence-corrected chi connectivity index (χ3v) is 4.18. The fourth-order valence-electron chi connectivity index (χ4n) is 2.72. The van der Waals surface area contributed by atoms with E-state index in [0.717, 1.165) is 0 Å². The number of rotatable bonds is 6. The van der Waals surface area contributed by atoms with Crippen molar-refractivity contribution in [2.45, 2.75) is 39.7 Å². The van der Waals surface area contributed by atoms with Gasteiger partial charge >= 0.3 is 0 Å². The summed E-state index contributed by atoms with van der Waals surface area (Å²) in [4.78, 5) is 14.7. The van der Waals surface area contributed by atoms with E-state index in [0.29, 0.717) is 23.6 Å². The number of carbonyl (C=O) groups excluding carboxylic acids is 1. The molecule has 24 heavy (non-hydrogen) atoms. The van der Waals surface area contributed by atoms with Gasteiger partial charge in [-0.1, -0.05) is 48.8 Å². The normalized spacial score (nSPS) is 12.7. The number of hydrogen-bond acceptors (Lipinski definition) is 4. The number of carbonyl (C=O) groups is 1. The van der Waals surface area contributed by atoms with Crippen LogP contribution in [-0.4, -0.2) is 36.6 Å². The van der Waals surface area contributed by atoms with E-state index in [1.165, 1.54) is 11.1 Å². The zero-order valence-electron chi connectivity index (χ0n) is 15.4. The molecule has 1 unspecified atom stereocenters. The van der Waals surface area contributed by atoms with Crippen LogP contribution in [-0.2, 0) is 0 Å². The van der Waals surface area contributed by atoms with E-state index in [2.05, 4.69) is 46.6 Å². The predicted molar refractivity (Wildman–Crippen MR) is 95.3 cm³/mol. The molecular formula is C19H27N3O2. The molecular weight excluding hydrogens is 302 g/mol. The Morgan fingerprint density at radius 3 is 2.38 bits per heavy atom. The Morgan fingerprint density at radius 1 is 1.21 bits per heavy atom. The Morgan fingerprint density at radius 2 is 1.83 bits per heavy atom.